The fourth-order valence-electron chi connectivity index (χ4n) is 1.75. The van der Waals surface area contributed by atoms with E-state index in [0.717, 1.165) is 17.0 Å². The number of halogens is 2. The Kier molecular flexibility index (Phi) is 4.88. The molecule has 0 aliphatic heterocycles. The van der Waals surface area contributed by atoms with Crippen molar-refractivity contribution in [2.75, 3.05) is 12.3 Å². The Morgan fingerprint density at radius 2 is 2.10 bits per heavy atom. The van der Waals surface area contributed by atoms with Crippen molar-refractivity contribution in [1.29, 1.82) is 0 Å². The van der Waals surface area contributed by atoms with Crippen LogP contribution in [0.1, 0.15) is 10.4 Å². The first-order chi connectivity index (χ1) is 9.79. The van der Waals surface area contributed by atoms with Gasteiger partial charge in [0, 0.05) is 17.1 Å². The topological polar surface area (TPSA) is 72.2 Å². The zero-order chi connectivity index (χ0) is 15.6. The van der Waals surface area contributed by atoms with Crippen molar-refractivity contribution in [3.05, 3.63) is 44.9 Å². The minimum absolute atomic E-state index is 0.159. The van der Waals surface area contributed by atoms with E-state index in [1.54, 1.807) is 13.0 Å². The van der Waals surface area contributed by atoms with Gasteiger partial charge < -0.3 is 5.73 Å². The van der Waals surface area contributed by atoms with Crippen LogP contribution < -0.4 is 10.5 Å². The molecule has 4 nitrogen and oxygen atoms in total. The van der Waals surface area contributed by atoms with Crippen LogP contribution in [-0.2, 0) is 16.4 Å². The van der Waals surface area contributed by atoms with Crippen LogP contribution in [0.5, 0.6) is 0 Å². The van der Waals surface area contributed by atoms with Crippen molar-refractivity contribution in [2.45, 2.75) is 18.2 Å². The molecule has 2 rings (SSSR count). The largest absolute Gasteiger partial charge is 0.398 e. The normalized spacial score (nSPS) is 11.8. The molecule has 0 radical (unpaired) electrons. The molecule has 1 aromatic heterocycles. The summed E-state index contributed by atoms with van der Waals surface area (Å²) in [5.41, 5.74) is 6.37. The van der Waals surface area contributed by atoms with Crippen LogP contribution in [-0.4, -0.2) is 15.0 Å². The number of nitrogen functional groups attached to an aromatic ring is 1. The van der Waals surface area contributed by atoms with Crippen molar-refractivity contribution in [2.24, 2.45) is 0 Å². The van der Waals surface area contributed by atoms with Crippen LogP contribution >= 0.6 is 22.9 Å². The molecule has 1 heterocycles. The third-order valence-corrected chi connectivity index (χ3v) is 5.67. The highest BCUT2D eigenvalue weighted by molar-refractivity contribution is 7.89. The summed E-state index contributed by atoms with van der Waals surface area (Å²) in [6.07, 6.45) is 0.486. The van der Waals surface area contributed by atoms with Crippen LogP contribution in [0.4, 0.5) is 10.1 Å². The standard InChI is InChI=1S/C13H14ClFN2O2S2/c1-8-6-10(15)12(7-11(8)16)21(18,19)17-5-4-9-2-3-13(14)20-9/h2-3,6-7,17H,4-5,16H2,1H3. The molecule has 0 bridgehead atoms. The number of sulfonamides is 1. The van der Waals surface area contributed by atoms with Crippen molar-refractivity contribution in [3.63, 3.8) is 0 Å². The monoisotopic (exact) mass is 348 g/mol. The van der Waals surface area contributed by atoms with E-state index in [1.165, 1.54) is 11.3 Å². The molecule has 3 N–H and O–H groups in total. The Labute approximate surface area is 131 Å². The number of nitrogens with two attached hydrogens (primary N) is 1. The molecule has 0 aliphatic carbocycles. The molecule has 0 aliphatic rings. The number of hydrogen-bond acceptors (Lipinski definition) is 4. The first-order valence-corrected chi connectivity index (χ1v) is 8.77. The Hall–Kier alpha value is -1.15. The van der Waals surface area contributed by atoms with Crippen LogP contribution in [0.3, 0.4) is 0 Å². The van der Waals surface area contributed by atoms with Crippen LogP contribution in [0.2, 0.25) is 4.34 Å². The summed E-state index contributed by atoms with van der Waals surface area (Å²) in [6.45, 7) is 1.77. The maximum atomic E-state index is 13.8. The molecule has 0 spiro atoms. The maximum absolute atomic E-state index is 13.8. The molecule has 0 saturated heterocycles. The predicted molar refractivity (Wildman–Crippen MR) is 83.8 cm³/mol. The number of hydrogen-bond donors (Lipinski definition) is 2. The average molecular weight is 349 g/mol. The lowest BCUT2D eigenvalue weighted by atomic mass is 10.2. The molecule has 8 heteroatoms. The summed E-state index contributed by atoms with van der Waals surface area (Å²) in [5.74, 6) is -0.812. The molecule has 2 aromatic rings. The molecule has 21 heavy (non-hydrogen) atoms. The quantitative estimate of drug-likeness (QED) is 0.816. The first-order valence-electron chi connectivity index (χ1n) is 6.09. The second-order valence-corrected chi connectivity index (χ2v) is 8.03. The van der Waals surface area contributed by atoms with E-state index >= 15 is 0 Å². The number of nitrogens with one attached hydrogen (secondary N) is 1. The van der Waals surface area contributed by atoms with Crippen molar-refractivity contribution in [1.82, 2.24) is 4.72 Å². The van der Waals surface area contributed by atoms with E-state index in [9.17, 15) is 12.8 Å². The van der Waals surface area contributed by atoms with E-state index in [-0.39, 0.29) is 12.2 Å². The van der Waals surface area contributed by atoms with Crippen molar-refractivity contribution >= 4 is 38.6 Å². The molecule has 0 unspecified atom stereocenters. The summed E-state index contributed by atoms with van der Waals surface area (Å²) in [4.78, 5) is 0.515. The molecule has 114 valence electrons. The van der Waals surface area contributed by atoms with Gasteiger partial charge in [-0.3, -0.25) is 0 Å². The van der Waals surface area contributed by atoms with Gasteiger partial charge in [-0.25, -0.2) is 17.5 Å². The summed E-state index contributed by atoms with van der Waals surface area (Å²) in [6, 6.07) is 5.82. The fourth-order valence-corrected chi connectivity index (χ4v) is 3.96. The van der Waals surface area contributed by atoms with Crippen molar-refractivity contribution in [3.8, 4) is 0 Å². The van der Waals surface area contributed by atoms with Crippen LogP contribution in [0.15, 0.2) is 29.2 Å². The third-order valence-electron chi connectivity index (χ3n) is 2.90. The van der Waals surface area contributed by atoms with Gasteiger partial charge in [0.15, 0.2) is 0 Å². The Morgan fingerprint density at radius 1 is 1.38 bits per heavy atom. The highest BCUT2D eigenvalue weighted by atomic mass is 35.5. The summed E-state index contributed by atoms with van der Waals surface area (Å²) < 4.78 is 41.0. The number of benzene rings is 1. The number of rotatable bonds is 5. The molecular formula is C13H14ClFN2O2S2. The summed E-state index contributed by atoms with van der Waals surface area (Å²) in [5, 5.41) is 0. The van der Waals surface area contributed by atoms with Gasteiger partial charge in [-0.1, -0.05) is 11.6 Å². The smallest absolute Gasteiger partial charge is 0.243 e. The Bertz CT molecular complexity index is 760. The lowest BCUT2D eigenvalue weighted by Gasteiger charge is -2.09. The molecule has 0 amide bonds. The third kappa shape index (κ3) is 3.94. The first kappa shape index (κ1) is 16.2. The minimum atomic E-state index is -3.93. The lowest BCUT2D eigenvalue weighted by molar-refractivity contribution is 0.557. The molecule has 0 saturated carbocycles. The van der Waals surface area contributed by atoms with Gasteiger partial charge in [0.1, 0.15) is 10.7 Å². The summed E-state index contributed by atoms with van der Waals surface area (Å²) >= 11 is 7.17. The highest BCUT2D eigenvalue weighted by Gasteiger charge is 2.20. The van der Waals surface area contributed by atoms with Gasteiger partial charge in [0.2, 0.25) is 10.0 Å². The van der Waals surface area contributed by atoms with E-state index < -0.39 is 20.7 Å². The fraction of sp³-hybridized carbons (Fsp3) is 0.231. The minimum Gasteiger partial charge on any atom is -0.398 e. The SMILES string of the molecule is Cc1cc(F)c(S(=O)(=O)NCCc2ccc(Cl)s2)cc1N. The summed E-state index contributed by atoms with van der Waals surface area (Å²) in [7, 11) is -3.93. The van der Waals surface area contributed by atoms with E-state index in [4.69, 9.17) is 17.3 Å². The average Bonchev–Trinajstić information content (AvgIpc) is 2.79. The zero-order valence-corrected chi connectivity index (χ0v) is 13.6. The predicted octanol–water partition coefficient (Wildman–Crippen LogP) is 2.95. The lowest BCUT2D eigenvalue weighted by Crippen LogP contribution is -2.26. The van der Waals surface area contributed by atoms with Gasteiger partial charge in [0.25, 0.3) is 0 Å². The molecule has 1 aromatic carbocycles. The molecular weight excluding hydrogens is 335 g/mol. The van der Waals surface area contributed by atoms with Crippen molar-refractivity contribution < 1.29 is 12.8 Å². The maximum Gasteiger partial charge on any atom is 0.243 e. The Morgan fingerprint density at radius 3 is 2.71 bits per heavy atom. The van der Waals surface area contributed by atoms with Gasteiger partial charge in [-0.15, -0.1) is 11.3 Å². The van der Waals surface area contributed by atoms with Crippen LogP contribution in [0.25, 0.3) is 0 Å². The number of aryl methyl sites for hydroxylation is 1. The number of anilines is 1. The number of thiophene rings is 1. The van der Waals surface area contributed by atoms with Gasteiger partial charge in [-0.2, -0.15) is 0 Å². The van der Waals surface area contributed by atoms with Gasteiger partial charge in [-0.05, 0) is 43.2 Å². The van der Waals surface area contributed by atoms with E-state index in [2.05, 4.69) is 4.72 Å². The van der Waals surface area contributed by atoms with Gasteiger partial charge in [0.05, 0.1) is 4.34 Å². The van der Waals surface area contributed by atoms with Gasteiger partial charge >= 0.3 is 0 Å². The zero-order valence-electron chi connectivity index (χ0n) is 11.2. The second kappa shape index (κ2) is 6.31. The van der Waals surface area contributed by atoms with Crippen LogP contribution in [0, 0.1) is 12.7 Å². The van der Waals surface area contributed by atoms with E-state index in [0.29, 0.717) is 16.3 Å². The molecule has 0 atom stereocenters. The highest BCUT2D eigenvalue weighted by Crippen LogP contribution is 2.23. The Balaban J connectivity index is 2.10. The second-order valence-electron chi connectivity index (χ2n) is 4.49. The molecule has 0 fully saturated rings. The van der Waals surface area contributed by atoms with E-state index in [1.807, 2.05) is 6.07 Å².